The zero-order chi connectivity index (χ0) is 21.0. The van der Waals surface area contributed by atoms with E-state index in [-0.39, 0.29) is 27.1 Å². The fourth-order valence-corrected chi connectivity index (χ4v) is 4.15. The third-order valence-electron chi connectivity index (χ3n) is 4.44. The number of carbonyl (C=O) groups excluding carboxylic acids is 1. The summed E-state index contributed by atoms with van der Waals surface area (Å²) in [6, 6.07) is 18.5. The number of halogens is 1. The molecule has 0 saturated carbocycles. The molecule has 0 fully saturated rings. The lowest BCUT2D eigenvalue weighted by Crippen LogP contribution is -2.15. The van der Waals surface area contributed by atoms with E-state index in [1.807, 2.05) is 38.1 Å². The van der Waals surface area contributed by atoms with E-state index in [0.717, 1.165) is 23.2 Å². The first kappa shape index (κ1) is 20.9. The summed E-state index contributed by atoms with van der Waals surface area (Å²) in [7, 11) is -3.75. The Morgan fingerprint density at radius 1 is 1.00 bits per heavy atom. The molecule has 0 saturated heterocycles. The van der Waals surface area contributed by atoms with Gasteiger partial charge in [-0.05, 0) is 55.3 Å². The van der Waals surface area contributed by atoms with Gasteiger partial charge in [-0.3, -0.25) is 9.52 Å². The number of amides is 1. The van der Waals surface area contributed by atoms with E-state index in [0.29, 0.717) is 0 Å². The average Bonchev–Trinajstić information content (AvgIpc) is 2.68. The zero-order valence-electron chi connectivity index (χ0n) is 16.1. The van der Waals surface area contributed by atoms with Crippen LogP contribution in [0.15, 0.2) is 71.6 Å². The summed E-state index contributed by atoms with van der Waals surface area (Å²) < 4.78 is 27.5. The highest BCUT2D eigenvalue weighted by Gasteiger charge is 2.17. The lowest BCUT2D eigenvalue weighted by Gasteiger charge is -2.12. The Balaban J connectivity index is 1.79. The van der Waals surface area contributed by atoms with Crippen molar-refractivity contribution in [1.82, 2.24) is 0 Å². The standard InChI is InChI=1S/C22H21ClN2O3S/c1-3-16-6-4-5-7-21(16)24-22(26)19-13-10-17(14-20(19)23)25-29(27,28)18-11-8-15(2)9-12-18/h4-14,25H,3H2,1-2H3,(H,24,26). The van der Waals surface area contributed by atoms with Gasteiger partial charge in [0, 0.05) is 5.69 Å². The summed E-state index contributed by atoms with van der Waals surface area (Å²) in [6.07, 6.45) is 0.782. The van der Waals surface area contributed by atoms with E-state index in [4.69, 9.17) is 11.6 Å². The number of anilines is 2. The van der Waals surface area contributed by atoms with Crippen molar-refractivity contribution >= 4 is 38.9 Å². The van der Waals surface area contributed by atoms with Gasteiger partial charge in [-0.25, -0.2) is 8.42 Å². The number of hydrogen-bond donors (Lipinski definition) is 2. The van der Waals surface area contributed by atoms with Gasteiger partial charge in [-0.1, -0.05) is 54.4 Å². The van der Waals surface area contributed by atoms with E-state index in [2.05, 4.69) is 10.0 Å². The van der Waals surface area contributed by atoms with Gasteiger partial charge in [-0.15, -0.1) is 0 Å². The molecular weight excluding hydrogens is 408 g/mol. The molecule has 0 aliphatic rings. The van der Waals surface area contributed by atoms with Crippen LogP contribution in [-0.2, 0) is 16.4 Å². The SMILES string of the molecule is CCc1ccccc1NC(=O)c1ccc(NS(=O)(=O)c2ccc(C)cc2)cc1Cl. The van der Waals surface area contributed by atoms with Crippen LogP contribution in [0.3, 0.4) is 0 Å². The minimum atomic E-state index is -3.75. The van der Waals surface area contributed by atoms with Gasteiger partial charge in [0.05, 0.1) is 21.2 Å². The summed E-state index contributed by atoms with van der Waals surface area (Å²) >= 11 is 6.26. The first-order valence-electron chi connectivity index (χ1n) is 9.08. The third-order valence-corrected chi connectivity index (χ3v) is 6.15. The van der Waals surface area contributed by atoms with Crippen molar-refractivity contribution in [2.45, 2.75) is 25.2 Å². The highest BCUT2D eigenvalue weighted by Crippen LogP contribution is 2.25. The van der Waals surface area contributed by atoms with E-state index in [1.165, 1.54) is 30.3 Å². The molecule has 150 valence electrons. The molecular formula is C22H21ClN2O3S. The molecule has 0 aromatic heterocycles. The zero-order valence-corrected chi connectivity index (χ0v) is 17.6. The summed E-state index contributed by atoms with van der Waals surface area (Å²) in [6.45, 7) is 3.89. The summed E-state index contributed by atoms with van der Waals surface area (Å²) in [5.74, 6) is -0.358. The number of nitrogens with one attached hydrogen (secondary N) is 2. The van der Waals surface area contributed by atoms with Gasteiger partial charge in [0.2, 0.25) is 0 Å². The monoisotopic (exact) mass is 428 g/mol. The highest BCUT2D eigenvalue weighted by molar-refractivity contribution is 7.92. The van der Waals surface area contributed by atoms with Crippen molar-refractivity contribution < 1.29 is 13.2 Å². The van der Waals surface area contributed by atoms with Crippen molar-refractivity contribution in [1.29, 1.82) is 0 Å². The molecule has 0 aliphatic heterocycles. The predicted molar refractivity (Wildman–Crippen MR) is 117 cm³/mol. The minimum Gasteiger partial charge on any atom is -0.322 e. The van der Waals surface area contributed by atoms with Gasteiger partial charge in [0.15, 0.2) is 0 Å². The molecule has 0 bridgehead atoms. The van der Waals surface area contributed by atoms with Crippen LogP contribution in [0.1, 0.15) is 28.4 Å². The molecule has 5 nitrogen and oxygen atoms in total. The maximum atomic E-state index is 12.6. The molecule has 0 unspecified atom stereocenters. The Kier molecular flexibility index (Phi) is 6.25. The third kappa shape index (κ3) is 4.96. The van der Waals surface area contributed by atoms with Crippen molar-refractivity contribution in [3.63, 3.8) is 0 Å². The Morgan fingerprint density at radius 3 is 2.34 bits per heavy atom. The number of aryl methyl sites for hydroxylation is 2. The fraction of sp³-hybridized carbons (Fsp3) is 0.136. The quantitative estimate of drug-likeness (QED) is 0.562. The molecule has 1 amide bonds. The van der Waals surface area contributed by atoms with Crippen LogP contribution in [0.2, 0.25) is 5.02 Å². The molecule has 0 spiro atoms. The van der Waals surface area contributed by atoms with Gasteiger partial charge < -0.3 is 5.32 Å². The Bertz CT molecular complexity index is 1140. The Hall–Kier alpha value is -2.83. The van der Waals surface area contributed by atoms with E-state index >= 15 is 0 Å². The normalized spacial score (nSPS) is 11.1. The molecule has 7 heteroatoms. The summed E-state index contributed by atoms with van der Waals surface area (Å²) in [5, 5.41) is 3.01. The molecule has 0 heterocycles. The van der Waals surface area contributed by atoms with Crippen molar-refractivity contribution in [3.8, 4) is 0 Å². The second-order valence-corrected chi connectivity index (χ2v) is 8.67. The minimum absolute atomic E-state index is 0.150. The summed E-state index contributed by atoms with van der Waals surface area (Å²) in [4.78, 5) is 12.8. The van der Waals surface area contributed by atoms with Gasteiger partial charge in [-0.2, -0.15) is 0 Å². The lowest BCUT2D eigenvalue weighted by atomic mass is 10.1. The van der Waals surface area contributed by atoms with Crippen molar-refractivity contribution in [2.75, 3.05) is 10.0 Å². The van der Waals surface area contributed by atoms with Crippen LogP contribution in [-0.4, -0.2) is 14.3 Å². The average molecular weight is 429 g/mol. The van der Waals surface area contributed by atoms with Crippen LogP contribution in [0.25, 0.3) is 0 Å². The number of para-hydroxylation sites is 1. The smallest absolute Gasteiger partial charge is 0.261 e. The second-order valence-electron chi connectivity index (χ2n) is 6.58. The van der Waals surface area contributed by atoms with E-state index in [9.17, 15) is 13.2 Å². The number of sulfonamides is 1. The molecule has 0 radical (unpaired) electrons. The Morgan fingerprint density at radius 2 is 1.69 bits per heavy atom. The predicted octanol–water partition coefficient (Wildman–Crippen LogP) is 5.26. The first-order valence-corrected chi connectivity index (χ1v) is 10.9. The summed E-state index contributed by atoms with van der Waals surface area (Å²) in [5.41, 5.74) is 3.24. The molecule has 29 heavy (non-hydrogen) atoms. The topological polar surface area (TPSA) is 75.3 Å². The molecule has 0 atom stereocenters. The first-order chi connectivity index (χ1) is 13.8. The maximum absolute atomic E-state index is 12.6. The van der Waals surface area contributed by atoms with Crippen LogP contribution in [0, 0.1) is 6.92 Å². The van der Waals surface area contributed by atoms with Crippen LogP contribution < -0.4 is 10.0 Å². The number of carbonyl (C=O) groups is 1. The molecule has 3 aromatic rings. The molecule has 0 aliphatic carbocycles. The number of benzene rings is 3. The van der Waals surface area contributed by atoms with Gasteiger partial charge in [0.25, 0.3) is 15.9 Å². The number of hydrogen-bond acceptors (Lipinski definition) is 3. The highest BCUT2D eigenvalue weighted by atomic mass is 35.5. The van der Waals surface area contributed by atoms with Crippen LogP contribution in [0.5, 0.6) is 0 Å². The fourth-order valence-electron chi connectivity index (χ4n) is 2.83. The van der Waals surface area contributed by atoms with Gasteiger partial charge in [0.1, 0.15) is 0 Å². The van der Waals surface area contributed by atoms with Crippen molar-refractivity contribution in [3.05, 3.63) is 88.4 Å². The lowest BCUT2D eigenvalue weighted by molar-refractivity contribution is 0.102. The molecule has 3 aromatic carbocycles. The largest absolute Gasteiger partial charge is 0.322 e. The second kappa shape index (κ2) is 8.68. The van der Waals surface area contributed by atoms with E-state index in [1.54, 1.807) is 12.1 Å². The van der Waals surface area contributed by atoms with E-state index < -0.39 is 10.0 Å². The van der Waals surface area contributed by atoms with Crippen LogP contribution in [0.4, 0.5) is 11.4 Å². The van der Waals surface area contributed by atoms with Gasteiger partial charge >= 0.3 is 0 Å². The van der Waals surface area contributed by atoms with Crippen LogP contribution >= 0.6 is 11.6 Å². The molecule has 3 rings (SSSR count). The maximum Gasteiger partial charge on any atom is 0.261 e. The Labute approximate surface area is 175 Å². The number of rotatable bonds is 6. The molecule has 2 N–H and O–H groups in total. The van der Waals surface area contributed by atoms with Crippen molar-refractivity contribution in [2.24, 2.45) is 0 Å².